The molecule has 0 aromatic rings. The standard InChI is InChI=1S/C11H23N3O/c1-4-9(2)10(12)11(15)14-7-5-13(3)6-8-14/h9-10H,4-8,12H2,1-3H3/t9-,10+/m0/s1. The third-order valence-electron chi connectivity index (χ3n) is 3.36. The summed E-state index contributed by atoms with van der Waals surface area (Å²) in [6.07, 6.45) is 0.959. The van der Waals surface area contributed by atoms with E-state index in [1.54, 1.807) is 0 Å². The fourth-order valence-corrected chi connectivity index (χ4v) is 1.73. The van der Waals surface area contributed by atoms with Crippen LogP contribution in [0.5, 0.6) is 0 Å². The van der Waals surface area contributed by atoms with Crippen molar-refractivity contribution in [2.24, 2.45) is 11.7 Å². The molecule has 0 unspecified atom stereocenters. The number of likely N-dealkylation sites (N-methyl/N-ethyl adjacent to an activating group) is 1. The second kappa shape index (κ2) is 5.47. The minimum absolute atomic E-state index is 0.123. The van der Waals surface area contributed by atoms with Crippen molar-refractivity contribution in [1.29, 1.82) is 0 Å². The Labute approximate surface area is 92.4 Å². The van der Waals surface area contributed by atoms with Crippen LogP contribution in [0.1, 0.15) is 20.3 Å². The summed E-state index contributed by atoms with van der Waals surface area (Å²) in [5.41, 5.74) is 5.93. The van der Waals surface area contributed by atoms with E-state index >= 15 is 0 Å². The normalized spacial score (nSPS) is 22.5. The van der Waals surface area contributed by atoms with Gasteiger partial charge in [0.25, 0.3) is 0 Å². The lowest BCUT2D eigenvalue weighted by molar-refractivity contribution is -0.135. The molecule has 0 radical (unpaired) electrons. The first kappa shape index (κ1) is 12.5. The van der Waals surface area contributed by atoms with Gasteiger partial charge in [-0.2, -0.15) is 0 Å². The topological polar surface area (TPSA) is 49.6 Å². The molecule has 2 N–H and O–H groups in total. The van der Waals surface area contributed by atoms with Crippen molar-refractivity contribution in [3.05, 3.63) is 0 Å². The highest BCUT2D eigenvalue weighted by atomic mass is 16.2. The van der Waals surface area contributed by atoms with Crippen LogP contribution in [0, 0.1) is 5.92 Å². The third-order valence-corrected chi connectivity index (χ3v) is 3.36. The summed E-state index contributed by atoms with van der Waals surface area (Å²) in [6.45, 7) is 7.66. The average molecular weight is 213 g/mol. The Morgan fingerprint density at radius 1 is 1.33 bits per heavy atom. The van der Waals surface area contributed by atoms with Gasteiger partial charge in [0, 0.05) is 26.2 Å². The summed E-state index contributed by atoms with van der Waals surface area (Å²) in [6, 6.07) is -0.321. The van der Waals surface area contributed by atoms with Gasteiger partial charge in [-0.05, 0) is 13.0 Å². The summed E-state index contributed by atoms with van der Waals surface area (Å²) in [5.74, 6) is 0.398. The van der Waals surface area contributed by atoms with E-state index in [4.69, 9.17) is 5.73 Å². The maximum absolute atomic E-state index is 12.0. The molecule has 0 spiro atoms. The molecule has 1 fully saturated rings. The number of carbonyl (C=O) groups excluding carboxylic acids is 1. The highest BCUT2D eigenvalue weighted by molar-refractivity contribution is 5.82. The lowest BCUT2D eigenvalue weighted by Gasteiger charge is -2.34. The Morgan fingerprint density at radius 3 is 2.33 bits per heavy atom. The van der Waals surface area contributed by atoms with Crippen molar-refractivity contribution in [3.8, 4) is 0 Å². The van der Waals surface area contributed by atoms with E-state index in [1.807, 2.05) is 11.8 Å². The fraction of sp³-hybridized carbons (Fsp3) is 0.909. The SMILES string of the molecule is CC[C@H](C)[C@@H](N)C(=O)N1CCN(C)CC1. The highest BCUT2D eigenvalue weighted by Crippen LogP contribution is 2.10. The lowest BCUT2D eigenvalue weighted by Crippen LogP contribution is -2.53. The van der Waals surface area contributed by atoms with Crippen LogP contribution >= 0.6 is 0 Å². The largest absolute Gasteiger partial charge is 0.339 e. The first-order chi connectivity index (χ1) is 7.06. The van der Waals surface area contributed by atoms with Crippen molar-refractivity contribution < 1.29 is 4.79 Å². The number of nitrogens with two attached hydrogens (primary N) is 1. The third kappa shape index (κ3) is 3.18. The molecule has 2 atom stereocenters. The molecule has 15 heavy (non-hydrogen) atoms. The van der Waals surface area contributed by atoms with E-state index in [-0.39, 0.29) is 17.9 Å². The molecule has 1 amide bonds. The highest BCUT2D eigenvalue weighted by Gasteiger charge is 2.26. The zero-order chi connectivity index (χ0) is 11.4. The van der Waals surface area contributed by atoms with E-state index in [0.717, 1.165) is 32.6 Å². The number of rotatable bonds is 3. The average Bonchev–Trinajstić information content (AvgIpc) is 2.27. The Balaban J connectivity index is 2.46. The molecular weight excluding hydrogens is 190 g/mol. The predicted octanol–water partition coefficient (Wildman–Crippen LogP) is 0.134. The van der Waals surface area contributed by atoms with Crippen LogP contribution in [-0.4, -0.2) is 55.0 Å². The van der Waals surface area contributed by atoms with Gasteiger partial charge < -0.3 is 15.5 Å². The fourth-order valence-electron chi connectivity index (χ4n) is 1.73. The first-order valence-corrected chi connectivity index (χ1v) is 5.79. The van der Waals surface area contributed by atoms with Gasteiger partial charge in [-0.15, -0.1) is 0 Å². The van der Waals surface area contributed by atoms with Crippen molar-refractivity contribution in [2.75, 3.05) is 33.2 Å². The van der Waals surface area contributed by atoms with Crippen LogP contribution in [-0.2, 0) is 4.79 Å². The maximum Gasteiger partial charge on any atom is 0.239 e. The molecule has 0 aliphatic carbocycles. The Morgan fingerprint density at radius 2 is 1.87 bits per heavy atom. The summed E-state index contributed by atoms with van der Waals surface area (Å²) in [5, 5.41) is 0. The van der Waals surface area contributed by atoms with Crippen molar-refractivity contribution in [1.82, 2.24) is 9.80 Å². The summed E-state index contributed by atoms with van der Waals surface area (Å²) < 4.78 is 0. The maximum atomic E-state index is 12.0. The molecule has 1 saturated heterocycles. The van der Waals surface area contributed by atoms with Gasteiger partial charge in [-0.25, -0.2) is 0 Å². The van der Waals surface area contributed by atoms with E-state index < -0.39 is 0 Å². The van der Waals surface area contributed by atoms with E-state index in [1.165, 1.54) is 0 Å². The van der Waals surface area contributed by atoms with Crippen LogP contribution in [0.2, 0.25) is 0 Å². The molecule has 1 rings (SSSR count). The van der Waals surface area contributed by atoms with Gasteiger partial charge in [-0.3, -0.25) is 4.79 Å². The van der Waals surface area contributed by atoms with Gasteiger partial charge >= 0.3 is 0 Å². The molecule has 1 aliphatic rings. The molecule has 1 heterocycles. The minimum Gasteiger partial charge on any atom is -0.339 e. The lowest BCUT2D eigenvalue weighted by atomic mass is 9.98. The zero-order valence-corrected chi connectivity index (χ0v) is 10.1. The number of amides is 1. The number of hydrogen-bond donors (Lipinski definition) is 1. The van der Waals surface area contributed by atoms with Crippen molar-refractivity contribution in [3.63, 3.8) is 0 Å². The molecule has 1 aliphatic heterocycles. The Hall–Kier alpha value is -0.610. The van der Waals surface area contributed by atoms with Crippen LogP contribution in [0.4, 0.5) is 0 Å². The number of carbonyl (C=O) groups is 1. The second-order valence-electron chi connectivity index (χ2n) is 4.54. The summed E-state index contributed by atoms with van der Waals surface area (Å²) in [7, 11) is 2.08. The molecule has 0 aromatic heterocycles. The van der Waals surface area contributed by atoms with Crippen LogP contribution in [0.25, 0.3) is 0 Å². The molecule has 0 aromatic carbocycles. The first-order valence-electron chi connectivity index (χ1n) is 5.79. The Bertz CT molecular complexity index is 212. The quantitative estimate of drug-likeness (QED) is 0.725. The van der Waals surface area contributed by atoms with Crippen molar-refractivity contribution >= 4 is 5.91 Å². The smallest absolute Gasteiger partial charge is 0.239 e. The molecular formula is C11H23N3O. The van der Waals surface area contributed by atoms with Gasteiger partial charge in [-0.1, -0.05) is 20.3 Å². The van der Waals surface area contributed by atoms with E-state index in [2.05, 4.69) is 18.9 Å². The van der Waals surface area contributed by atoms with Gasteiger partial charge in [0.05, 0.1) is 6.04 Å². The summed E-state index contributed by atoms with van der Waals surface area (Å²) in [4.78, 5) is 16.1. The number of hydrogen-bond acceptors (Lipinski definition) is 3. The molecule has 88 valence electrons. The number of nitrogens with zero attached hydrogens (tertiary/aromatic N) is 2. The van der Waals surface area contributed by atoms with Gasteiger partial charge in [0.15, 0.2) is 0 Å². The van der Waals surface area contributed by atoms with Crippen LogP contribution < -0.4 is 5.73 Å². The van der Waals surface area contributed by atoms with Gasteiger partial charge in [0.2, 0.25) is 5.91 Å². The van der Waals surface area contributed by atoms with Crippen LogP contribution in [0.3, 0.4) is 0 Å². The Kier molecular flexibility index (Phi) is 4.54. The van der Waals surface area contributed by atoms with E-state index in [0.29, 0.717) is 0 Å². The second-order valence-corrected chi connectivity index (χ2v) is 4.54. The van der Waals surface area contributed by atoms with Crippen molar-refractivity contribution in [2.45, 2.75) is 26.3 Å². The van der Waals surface area contributed by atoms with Crippen LogP contribution in [0.15, 0.2) is 0 Å². The zero-order valence-electron chi connectivity index (χ0n) is 10.1. The monoisotopic (exact) mass is 213 g/mol. The van der Waals surface area contributed by atoms with Gasteiger partial charge in [0.1, 0.15) is 0 Å². The minimum atomic E-state index is -0.321. The van der Waals surface area contributed by atoms with E-state index in [9.17, 15) is 4.79 Å². The predicted molar refractivity (Wildman–Crippen MR) is 61.5 cm³/mol. The molecule has 0 bridgehead atoms. The number of piperazine rings is 1. The molecule has 0 saturated carbocycles. The summed E-state index contributed by atoms with van der Waals surface area (Å²) >= 11 is 0. The molecule has 4 nitrogen and oxygen atoms in total. The molecule has 4 heteroatoms.